The topological polar surface area (TPSA) is 169 Å². The molecule has 14 atom stereocenters. The minimum Gasteiger partial charge on any atom is -0.456 e. The van der Waals surface area contributed by atoms with Gasteiger partial charge < -0.3 is 39.2 Å². The molecule has 56 heavy (non-hydrogen) atoms. The van der Waals surface area contributed by atoms with Crippen molar-refractivity contribution in [2.75, 3.05) is 20.8 Å². The average Bonchev–Trinajstić information content (AvgIpc) is 3.18. The van der Waals surface area contributed by atoms with Gasteiger partial charge in [0.1, 0.15) is 12.1 Å². The molecule has 0 aromatic rings. The minimum absolute atomic E-state index is 0.00844. The number of carbonyl (C=O) groups excluding carboxylic acids is 4. The van der Waals surface area contributed by atoms with Crippen molar-refractivity contribution in [3.8, 4) is 0 Å². The van der Waals surface area contributed by atoms with E-state index in [0.29, 0.717) is 68.9 Å². The molecule has 4 aliphatic rings. The first kappa shape index (κ1) is 46.2. The lowest BCUT2D eigenvalue weighted by Gasteiger charge is -2.47. The third-order valence-corrected chi connectivity index (χ3v) is 13.3. The summed E-state index contributed by atoms with van der Waals surface area (Å²) in [6, 6.07) is -1.11. The van der Waals surface area contributed by atoms with E-state index < -0.39 is 71.8 Å². The van der Waals surface area contributed by atoms with Gasteiger partial charge in [0.05, 0.1) is 30.5 Å². The highest BCUT2D eigenvalue weighted by atomic mass is 16.7. The van der Waals surface area contributed by atoms with E-state index in [1.165, 1.54) is 4.90 Å². The number of amides is 1. The summed E-state index contributed by atoms with van der Waals surface area (Å²) in [7, 11) is 3.16. The Labute approximate surface area is 334 Å². The first-order chi connectivity index (χ1) is 26.5. The number of aliphatic hydroxyl groups excluding tert-OH is 2. The number of ether oxygens (including phenoxy) is 4. The smallest absolute Gasteiger partial charge is 0.329 e. The monoisotopic (exact) mass is 790 g/mol. The number of fused-ring (bicyclic) bond motifs is 3. The fourth-order valence-electron chi connectivity index (χ4n) is 9.80. The number of esters is 1. The Morgan fingerprint density at radius 3 is 2.27 bits per heavy atom. The van der Waals surface area contributed by atoms with Gasteiger partial charge in [0.25, 0.3) is 11.7 Å². The number of allylic oxidation sites excluding steroid dienone is 3. The number of ketones is 2. The minimum atomic E-state index is -2.42. The fourth-order valence-corrected chi connectivity index (χ4v) is 9.80. The molecule has 3 fully saturated rings. The van der Waals surface area contributed by atoms with E-state index in [1.54, 1.807) is 28.1 Å². The number of rotatable bonds is 6. The Kier molecular flexibility index (Phi) is 16.9. The van der Waals surface area contributed by atoms with Gasteiger partial charge >= 0.3 is 5.97 Å². The van der Waals surface area contributed by atoms with Gasteiger partial charge in [-0.1, -0.05) is 60.1 Å². The SMILES string of the molecule is CCC1=CC(C)C[C@H](C)C[C@H](CC)[C@H]2O[C@@](O)(C(=O)C(=O)N3CCCCC3C(=O)O[C@H](C(C)=C[C@@H]3CC[C@@H](O)[C@H](OC)C3)[C@H](C)[C@@H](O)CC1=O)[C@H](C)C[C@@H]2OC. The van der Waals surface area contributed by atoms with Crippen LogP contribution < -0.4 is 0 Å². The van der Waals surface area contributed by atoms with Crippen molar-refractivity contribution in [1.82, 2.24) is 4.90 Å². The van der Waals surface area contributed by atoms with Crippen molar-refractivity contribution in [1.29, 1.82) is 0 Å². The second kappa shape index (κ2) is 20.5. The number of carbonyl (C=O) groups is 4. The molecule has 3 N–H and O–H groups in total. The molecular weight excluding hydrogens is 718 g/mol. The summed E-state index contributed by atoms with van der Waals surface area (Å²) in [5.41, 5.74) is 1.32. The standard InChI is InChI=1S/C44H71NO11/c1-10-31-19-25(3)18-26(4)20-32(11-2)40-38(54-9)22-28(6)44(52,56-40)41(49)42(50)45-17-13-12-14-33(45)43(51)55-39(29(7)35(47)24-36(31)48)27(5)21-30-15-16-34(46)37(23-30)53-8/h19,21,25-26,28-30,32-35,37-40,46-47,52H,10-18,20,22-24H2,1-9H3/t25?,26-,28+,29+,30-,32-,33?,34+,35-,37+,38-,39+,40+,44+/m0/s1. The summed E-state index contributed by atoms with van der Waals surface area (Å²) < 4.78 is 24.1. The Bertz CT molecular complexity index is 1430. The van der Waals surface area contributed by atoms with Crippen LogP contribution in [0.15, 0.2) is 23.3 Å². The van der Waals surface area contributed by atoms with Gasteiger partial charge in [-0.3, -0.25) is 14.4 Å². The van der Waals surface area contributed by atoms with Crippen LogP contribution in [0.25, 0.3) is 0 Å². The number of aliphatic hydroxyl groups is 3. The van der Waals surface area contributed by atoms with E-state index in [2.05, 4.69) is 13.8 Å². The van der Waals surface area contributed by atoms with Crippen molar-refractivity contribution in [3.05, 3.63) is 23.3 Å². The van der Waals surface area contributed by atoms with Gasteiger partial charge in [0.2, 0.25) is 5.79 Å². The quantitative estimate of drug-likeness (QED) is 0.177. The molecule has 0 aromatic carbocycles. The maximum atomic E-state index is 14.3. The maximum absolute atomic E-state index is 14.3. The van der Waals surface area contributed by atoms with Crippen LogP contribution in [-0.2, 0) is 38.1 Å². The predicted octanol–water partition coefficient (Wildman–Crippen LogP) is 5.48. The first-order valence-electron chi connectivity index (χ1n) is 21.3. The van der Waals surface area contributed by atoms with Gasteiger partial charge in [0.15, 0.2) is 5.78 Å². The summed E-state index contributed by atoms with van der Waals surface area (Å²) in [5, 5.41) is 34.1. The second-order valence-electron chi connectivity index (χ2n) is 17.5. The Morgan fingerprint density at radius 2 is 1.62 bits per heavy atom. The number of methoxy groups -OCH3 is 2. The normalized spacial score (nSPS) is 40.6. The predicted molar refractivity (Wildman–Crippen MR) is 211 cm³/mol. The third-order valence-electron chi connectivity index (χ3n) is 13.3. The van der Waals surface area contributed by atoms with Crippen LogP contribution in [0.3, 0.4) is 0 Å². The molecule has 2 unspecified atom stereocenters. The van der Waals surface area contributed by atoms with Crippen molar-refractivity contribution in [3.63, 3.8) is 0 Å². The van der Waals surface area contributed by atoms with Gasteiger partial charge in [-0.15, -0.1) is 0 Å². The molecule has 2 saturated heterocycles. The summed E-state index contributed by atoms with van der Waals surface area (Å²) in [4.78, 5) is 57.8. The van der Waals surface area contributed by atoms with E-state index in [0.717, 1.165) is 6.42 Å². The summed E-state index contributed by atoms with van der Waals surface area (Å²) in [6.45, 7) is 13.6. The van der Waals surface area contributed by atoms with E-state index in [-0.39, 0.29) is 54.9 Å². The highest BCUT2D eigenvalue weighted by Crippen LogP contribution is 2.41. The molecule has 1 aliphatic carbocycles. The van der Waals surface area contributed by atoms with Crippen molar-refractivity contribution in [2.24, 2.45) is 35.5 Å². The Morgan fingerprint density at radius 1 is 0.929 bits per heavy atom. The lowest BCUT2D eigenvalue weighted by Crippen LogP contribution is -2.63. The fraction of sp³-hybridized carbons (Fsp3) is 0.818. The molecule has 12 nitrogen and oxygen atoms in total. The number of hydrogen-bond donors (Lipinski definition) is 3. The molecule has 12 heteroatoms. The van der Waals surface area contributed by atoms with Crippen molar-refractivity contribution < 1.29 is 53.4 Å². The zero-order chi connectivity index (χ0) is 41.5. The lowest BCUT2D eigenvalue weighted by molar-refractivity contribution is -0.296. The van der Waals surface area contributed by atoms with E-state index in [4.69, 9.17) is 18.9 Å². The average molecular weight is 790 g/mol. The van der Waals surface area contributed by atoms with Gasteiger partial charge in [-0.05, 0) is 106 Å². The molecule has 3 heterocycles. The van der Waals surface area contributed by atoms with Gasteiger partial charge in [-0.25, -0.2) is 4.79 Å². The van der Waals surface area contributed by atoms with Crippen LogP contribution in [0.5, 0.6) is 0 Å². The van der Waals surface area contributed by atoms with Gasteiger partial charge in [-0.2, -0.15) is 0 Å². The first-order valence-corrected chi connectivity index (χ1v) is 21.3. The van der Waals surface area contributed by atoms with Crippen LogP contribution in [0, 0.1) is 35.5 Å². The highest BCUT2D eigenvalue weighted by molar-refractivity contribution is 6.39. The molecule has 318 valence electrons. The lowest BCUT2D eigenvalue weighted by atomic mass is 9.77. The molecule has 1 saturated carbocycles. The largest absolute Gasteiger partial charge is 0.456 e. The van der Waals surface area contributed by atoms with Crippen LogP contribution in [0.4, 0.5) is 0 Å². The number of Topliss-reactive ketones (excluding diaryl/α,β-unsaturated/α-hetero) is 2. The number of cyclic esters (lactones) is 1. The van der Waals surface area contributed by atoms with Crippen LogP contribution in [0.2, 0.25) is 0 Å². The van der Waals surface area contributed by atoms with E-state index >= 15 is 0 Å². The molecular formula is C44H71NO11. The molecule has 2 bridgehead atoms. The molecule has 3 aliphatic heterocycles. The number of nitrogens with zero attached hydrogens (tertiary/aromatic N) is 1. The molecule has 4 rings (SSSR count). The number of piperidine rings is 1. The third kappa shape index (κ3) is 10.8. The van der Waals surface area contributed by atoms with Crippen LogP contribution >= 0.6 is 0 Å². The molecule has 0 spiro atoms. The number of hydrogen-bond acceptors (Lipinski definition) is 11. The summed E-state index contributed by atoms with van der Waals surface area (Å²) in [6.07, 6.45) is 5.93. The summed E-state index contributed by atoms with van der Waals surface area (Å²) in [5.74, 6) is -6.73. The Hall–Kier alpha value is -2.48. The van der Waals surface area contributed by atoms with Crippen LogP contribution in [-0.4, -0.2) is 113 Å². The van der Waals surface area contributed by atoms with Crippen molar-refractivity contribution in [2.45, 2.75) is 174 Å². The molecule has 0 radical (unpaired) electrons. The van der Waals surface area contributed by atoms with Crippen molar-refractivity contribution >= 4 is 23.4 Å². The zero-order valence-corrected chi connectivity index (χ0v) is 35.4. The summed E-state index contributed by atoms with van der Waals surface area (Å²) >= 11 is 0. The Balaban J connectivity index is 1.76. The molecule has 1 amide bonds. The van der Waals surface area contributed by atoms with E-state index in [9.17, 15) is 34.5 Å². The van der Waals surface area contributed by atoms with Gasteiger partial charge in [0, 0.05) is 39.0 Å². The van der Waals surface area contributed by atoms with E-state index in [1.807, 2.05) is 32.9 Å². The zero-order valence-electron chi connectivity index (χ0n) is 35.4. The second-order valence-corrected chi connectivity index (χ2v) is 17.5. The highest BCUT2D eigenvalue weighted by Gasteiger charge is 2.56. The molecule has 0 aromatic heterocycles. The van der Waals surface area contributed by atoms with Crippen LogP contribution in [0.1, 0.15) is 126 Å². The maximum Gasteiger partial charge on any atom is 0.329 e.